The van der Waals surface area contributed by atoms with E-state index in [0.717, 1.165) is 11.8 Å². The number of nitrogens with one attached hydrogen (secondary N) is 1. The van der Waals surface area contributed by atoms with Crippen LogP contribution in [0.1, 0.15) is 44.0 Å². The van der Waals surface area contributed by atoms with E-state index in [2.05, 4.69) is 20.3 Å². The van der Waals surface area contributed by atoms with Crippen molar-refractivity contribution >= 4 is 12.0 Å². The molecular formula is C25H26FN5O3. The molecule has 3 aromatic rings. The van der Waals surface area contributed by atoms with E-state index >= 15 is 0 Å². The fourth-order valence-electron chi connectivity index (χ4n) is 4.16. The Balaban J connectivity index is 1.46. The van der Waals surface area contributed by atoms with Crippen molar-refractivity contribution in [2.75, 3.05) is 6.54 Å². The zero-order valence-corrected chi connectivity index (χ0v) is 19.2. The van der Waals surface area contributed by atoms with Crippen LogP contribution in [-0.4, -0.2) is 54.6 Å². The third kappa shape index (κ3) is 4.88. The Morgan fingerprint density at radius 3 is 2.21 bits per heavy atom. The lowest BCUT2D eigenvalue weighted by Gasteiger charge is -2.40. The van der Waals surface area contributed by atoms with Gasteiger partial charge in [-0.3, -0.25) is 19.7 Å². The molecule has 0 unspecified atom stereocenters. The zero-order valence-electron chi connectivity index (χ0n) is 19.2. The lowest BCUT2D eigenvalue weighted by Crippen LogP contribution is -2.56. The van der Waals surface area contributed by atoms with Crippen LogP contribution in [0.3, 0.4) is 0 Å². The van der Waals surface area contributed by atoms with Gasteiger partial charge in [-0.05, 0) is 51.8 Å². The average Bonchev–Trinajstić information content (AvgIpc) is 3.56. The molecule has 1 fully saturated rings. The molecule has 1 aromatic carbocycles. The second-order valence-corrected chi connectivity index (χ2v) is 9.45. The van der Waals surface area contributed by atoms with E-state index in [4.69, 9.17) is 0 Å². The molecular weight excluding hydrogens is 437 g/mol. The number of benzene rings is 1. The first-order valence-electron chi connectivity index (χ1n) is 10.9. The van der Waals surface area contributed by atoms with E-state index in [-0.39, 0.29) is 12.5 Å². The number of rotatable bonds is 6. The molecule has 1 saturated carbocycles. The largest absolute Gasteiger partial charge is 0.465 e. The van der Waals surface area contributed by atoms with Crippen molar-refractivity contribution in [3.63, 3.8) is 0 Å². The van der Waals surface area contributed by atoms with Crippen LogP contribution in [0.15, 0.2) is 55.1 Å². The number of hydrogen-bond donors (Lipinski definition) is 2. The van der Waals surface area contributed by atoms with Crippen molar-refractivity contribution in [1.82, 2.24) is 25.2 Å². The third-order valence-corrected chi connectivity index (χ3v) is 5.82. The minimum absolute atomic E-state index is 0.256. The number of hydrogen-bond acceptors (Lipinski definition) is 5. The lowest BCUT2D eigenvalue weighted by molar-refractivity contribution is 0.0580. The van der Waals surface area contributed by atoms with Gasteiger partial charge in [-0.1, -0.05) is 12.1 Å². The average molecular weight is 464 g/mol. The molecule has 1 aliphatic carbocycles. The molecule has 0 spiro atoms. The van der Waals surface area contributed by atoms with Crippen LogP contribution in [-0.2, 0) is 0 Å². The van der Waals surface area contributed by atoms with Gasteiger partial charge in [0.05, 0.1) is 35.5 Å². The third-order valence-electron chi connectivity index (χ3n) is 5.82. The van der Waals surface area contributed by atoms with Gasteiger partial charge in [0.2, 0.25) is 0 Å². The van der Waals surface area contributed by atoms with Gasteiger partial charge in [0, 0.05) is 35.0 Å². The van der Waals surface area contributed by atoms with Crippen molar-refractivity contribution in [1.29, 1.82) is 0 Å². The fraction of sp³-hybridized carbons (Fsp3) is 0.320. The highest BCUT2D eigenvalue weighted by molar-refractivity contribution is 5.94. The van der Waals surface area contributed by atoms with Gasteiger partial charge in [-0.15, -0.1) is 0 Å². The fourth-order valence-corrected chi connectivity index (χ4v) is 4.16. The number of carbonyl (C=O) groups is 2. The molecule has 4 rings (SSSR count). The minimum Gasteiger partial charge on any atom is -0.465 e. The van der Waals surface area contributed by atoms with Crippen molar-refractivity contribution in [3.05, 3.63) is 66.5 Å². The summed E-state index contributed by atoms with van der Waals surface area (Å²) < 4.78 is 13.5. The number of pyridine rings is 1. The van der Waals surface area contributed by atoms with Crippen LogP contribution in [0.2, 0.25) is 0 Å². The molecule has 2 amide bonds. The lowest BCUT2D eigenvalue weighted by atomic mass is 10.0. The van der Waals surface area contributed by atoms with Gasteiger partial charge < -0.3 is 10.4 Å². The van der Waals surface area contributed by atoms with Gasteiger partial charge >= 0.3 is 6.09 Å². The summed E-state index contributed by atoms with van der Waals surface area (Å²) in [6.07, 6.45) is 6.21. The first kappa shape index (κ1) is 23.3. The Morgan fingerprint density at radius 2 is 1.65 bits per heavy atom. The van der Waals surface area contributed by atoms with Gasteiger partial charge in [0.15, 0.2) is 0 Å². The van der Waals surface area contributed by atoms with E-state index < -0.39 is 23.0 Å². The SMILES string of the molecule is CC(C)(C)N(C(=O)O)C1(CNC(=O)c2ccc(-c3cncc(-c4cncc(F)c4)n3)cc2)CC1. The molecule has 0 saturated heterocycles. The van der Waals surface area contributed by atoms with Gasteiger partial charge in [-0.2, -0.15) is 0 Å². The van der Waals surface area contributed by atoms with Gasteiger partial charge in [-0.25, -0.2) is 14.2 Å². The number of carboxylic acid groups (broad SMARTS) is 1. The minimum atomic E-state index is -0.985. The Hall–Kier alpha value is -3.88. The summed E-state index contributed by atoms with van der Waals surface area (Å²) >= 11 is 0. The summed E-state index contributed by atoms with van der Waals surface area (Å²) in [7, 11) is 0. The van der Waals surface area contributed by atoms with E-state index in [0.29, 0.717) is 35.4 Å². The molecule has 2 heterocycles. The smallest absolute Gasteiger partial charge is 0.408 e. The van der Waals surface area contributed by atoms with Crippen molar-refractivity contribution < 1.29 is 19.1 Å². The molecule has 0 aliphatic heterocycles. The molecule has 2 N–H and O–H groups in total. The standard InChI is InChI=1S/C25H26FN5O3/c1-24(2,3)31(23(33)34)25(8-9-25)15-29-22(32)17-6-4-16(5-7-17)20-13-28-14-21(30-20)18-10-19(26)12-27-11-18/h4-7,10-14H,8-9,15H2,1-3H3,(H,29,32)(H,33,34). The first-order valence-corrected chi connectivity index (χ1v) is 10.9. The number of aromatic nitrogens is 3. The van der Waals surface area contributed by atoms with Crippen LogP contribution in [0, 0.1) is 5.82 Å². The number of halogens is 1. The number of nitrogens with zero attached hydrogens (tertiary/aromatic N) is 4. The van der Waals surface area contributed by atoms with Crippen molar-refractivity contribution in [2.24, 2.45) is 0 Å². The number of carbonyl (C=O) groups excluding carboxylic acids is 1. The molecule has 2 aromatic heterocycles. The Labute approximate surface area is 196 Å². The van der Waals surface area contributed by atoms with Crippen LogP contribution in [0.4, 0.5) is 9.18 Å². The van der Waals surface area contributed by atoms with Crippen LogP contribution >= 0.6 is 0 Å². The molecule has 0 radical (unpaired) electrons. The normalized spacial score (nSPS) is 14.4. The maximum atomic E-state index is 13.5. The highest BCUT2D eigenvalue weighted by Gasteiger charge is 2.54. The van der Waals surface area contributed by atoms with Crippen molar-refractivity contribution in [3.8, 4) is 22.5 Å². The molecule has 34 heavy (non-hydrogen) atoms. The second-order valence-electron chi connectivity index (χ2n) is 9.45. The summed E-state index contributed by atoms with van der Waals surface area (Å²) in [6, 6.07) is 8.23. The van der Waals surface area contributed by atoms with Crippen LogP contribution in [0.25, 0.3) is 22.5 Å². The summed E-state index contributed by atoms with van der Waals surface area (Å²) in [6.45, 7) is 5.81. The molecule has 9 heteroatoms. The zero-order chi connectivity index (χ0) is 24.5. The van der Waals surface area contributed by atoms with Crippen LogP contribution in [0.5, 0.6) is 0 Å². The Bertz CT molecular complexity index is 1220. The highest BCUT2D eigenvalue weighted by atomic mass is 19.1. The summed E-state index contributed by atoms with van der Waals surface area (Å²) in [5.41, 5.74) is 1.66. The van der Waals surface area contributed by atoms with E-state index in [9.17, 15) is 19.1 Å². The predicted octanol–water partition coefficient (Wildman–Crippen LogP) is 4.39. The monoisotopic (exact) mass is 463 g/mol. The molecule has 0 atom stereocenters. The molecule has 0 bridgehead atoms. The summed E-state index contributed by atoms with van der Waals surface area (Å²) in [4.78, 5) is 38.6. The molecule has 8 nitrogen and oxygen atoms in total. The van der Waals surface area contributed by atoms with Gasteiger partial charge in [0.1, 0.15) is 5.82 Å². The van der Waals surface area contributed by atoms with E-state index in [1.807, 2.05) is 20.8 Å². The molecule has 176 valence electrons. The maximum absolute atomic E-state index is 13.5. The summed E-state index contributed by atoms with van der Waals surface area (Å²) in [5, 5.41) is 12.6. The maximum Gasteiger partial charge on any atom is 0.408 e. The van der Waals surface area contributed by atoms with E-state index in [1.54, 1.807) is 30.5 Å². The topological polar surface area (TPSA) is 108 Å². The van der Waals surface area contributed by atoms with Gasteiger partial charge in [0.25, 0.3) is 5.91 Å². The van der Waals surface area contributed by atoms with E-state index in [1.165, 1.54) is 23.4 Å². The summed E-state index contributed by atoms with van der Waals surface area (Å²) in [5.74, 6) is -0.732. The second kappa shape index (κ2) is 8.81. The van der Waals surface area contributed by atoms with Crippen LogP contribution < -0.4 is 5.32 Å². The Morgan fingerprint density at radius 1 is 1.03 bits per heavy atom. The number of amides is 2. The quantitative estimate of drug-likeness (QED) is 0.561. The molecule has 1 aliphatic rings. The highest BCUT2D eigenvalue weighted by Crippen LogP contribution is 2.44. The Kier molecular flexibility index (Phi) is 6.03. The van der Waals surface area contributed by atoms with Crippen molar-refractivity contribution in [2.45, 2.75) is 44.7 Å². The first-order chi connectivity index (χ1) is 16.1. The predicted molar refractivity (Wildman–Crippen MR) is 125 cm³/mol.